The van der Waals surface area contributed by atoms with Gasteiger partial charge < -0.3 is 20.7 Å². The molecular formula is C15H18N4O3. The Balaban J connectivity index is 2.70. The average molecular weight is 302 g/mol. The van der Waals surface area contributed by atoms with Gasteiger partial charge in [0.15, 0.2) is 0 Å². The lowest BCUT2D eigenvalue weighted by Crippen LogP contribution is -2.28. The smallest absolute Gasteiger partial charge is 0.263 e. The molecule has 1 rings (SSSR count). The number of nitrogens with zero attached hydrogens (tertiary/aromatic N) is 1. The number of carbonyl (C=O) groups excluding carboxylic acids is 2. The summed E-state index contributed by atoms with van der Waals surface area (Å²) in [6.07, 6.45) is 1.31. The van der Waals surface area contributed by atoms with Crippen LogP contribution in [0.3, 0.4) is 0 Å². The third-order valence-electron chi connectivity index (χ3n) is 2.52. The van der Waals surface area contributed by atoms with Gasteiger partial charge >= 0.3 is 0 Å². The van der Waals surface area contributed by atoms with Crippen LogP contribution in [0, 0.1) is 11.3 Å². The molecule has 0 fully saturated rings. The van der Waals surface area contributed by atoms with E-state index in [0.29, 0.717) is 24.5 Å². The van der Waals surface area contributed by atoms with Crippen molar-refractivity contribution < 1.29 is 14.3 Å². The standard InChI is InChI=1S/C15H18N4O3/c1-11(20)19-14-5-3-4-13(8-14)18-10-12(9-16)15(21)17-6-7-22-2/h3-5,8,10,18H,6-7H2,1-2H3,(H,17,21)(H,19,20)/b12-10-. The minimum Gasteiger partial charge on any atom is -0.383 e. The van der Waals surface area contributed by atoms with Crippen molar-refractivity contribution in [1.82, 2.24) is 5.32 Å². The van der Waals surface area contributed by atoms with E-state index >= 15 is 0 Å². The Bertz CT molecular complexity index is 605. The summed E-state index contributed by atoms with van der Waals surface area (Å²) in [5.74, 6) is -0.659. The minimum atomic E-state index is -0.481. The lowest BCUT2D eigenvalue weighted by Gasteiger charge is -2.06. The predicted molar refractivity (Wildman–Crippen MR) is 83.0 cm³/mol. The molecule has 0 aliphatic heterocycles. The van der Waals surface area contributed by atoms with Crippen LogP contribution in [0.4, 0.5) is 11.4 Å². The number of hydrogen-bond acceptors (Lipinski definition) is 5. The summed E-state index contributed by atoms with van der Waals surface area (Å²) in [5.41, 5.74) is 1.21. The quantitative estimate of drug-likeness (QED) is 0.399. The molecule has 1 aromatic rings. The van der Waals surface area contributed by atoms with Gasteiger partial charge in [-0.3, -0.25) is 9.59 Å². The second-order valence-corrected chi connectivity index (χ2v) is 4.32. The number of benzene rings is 1. The molecule has 3 N–H and O–H groups in total. The number of nitrogens with one attached hydrogen (secondary N) is 3. The van der Waals surface area contributed by atoms with Crippen molar-refractivity contribution in [2.24, 2.45) is 0 Å². The Hall–Kier alpha value is -2.85. The topological polar surface area (TPSA) is 103 Å². The van der Waals surface area contributed by atoms with E-state index in [1.165, 1.54) is 20.2 Å². The molecule has 0 saturated carbocycles. The maximum absolute atomic E-state index is 11.7. The summed E-state index contributed by atoms with van der Waals surface area (Å²) in [6.45, 7) is 2.11. The van der Waals surface area contributed by atoms with E-state index in [2.05, 4.69) is 16.0 Å². The first-order valence-electron chi connectivity index (χ1n) is 6.58. The number of methoxy groups -OCH3 is 1. The molecule has 0 radical (unpaired) electrons. The maximum Gasteiger partial charge on any atom is 0.263 e. The third kappa shape index (κ3) is 6.07. The molecule has 7 heteroatoms. The Labute approximate surface area is 129 Å². The van der Waals surface area contributed by atoms with Crippen LogP contribution in [0.1, 0.15) is 6.92 Å². The number of amides is 2. The summed E-state index contributed by atoms with van der Waals surface area (Å²) in [4.78, 5) is 22.7. The van der Waals surface area contributed by atoms with Crippen LogP contribution >= 0.6 is 0 Å². The zero-order valence-electron chi connectivity index (χ0n) is 12.5. The number of ether oxygens (including phenoxy) is 1. The van der Waals surface area contributed by atoms with Gasteiger partial charge in [0.05, 0.1) is 6.61 Å². The van der Waals surface area contributed by atoms with Crippen LogP contribution in [0.25, 0.3) is 0 Å². The second kappa shape index (κ2) is 9.15. The van der Waals surface area contributed by atoms with Crippen LogP contribution in [-0.4, -0.2) is 32.1 Å². The van der Waals surface area contributed by atoms with Gasteiger partial charge in [0, 0.05) is 38.2 Å². The molecule has 0 unspecified atom stereocenters. The number of carbonyl (C=O) groups is 2. The van der Waals surface area contributed by atoms with Gasteiger partial charge in [0.1, 0.15) is 11.6 Å². The van der Waals surface area contributed by atoms with Crippen LogP contribution < -0.4 is 16.0 Å². The van der Waals surface area contributed by atoms with Crippen LogP contribution in [-0.2, 0) is 14.3 Å². The van der Waals surface area contributed by atoms with Crippen LogP contribution in [0.2, 0.25) is 0 Å². The Morgan fingerprint density at radius 1 is 1.36 bits per heavy atom. The predicted octanol–water partition coefficient (Wildman–Crippen LogP) is 1.23. The van der Waals surface area contributed by atoms with Gasteiger partial charge in [-0.15, -0.1) is 0 Å². The van der Waals surface area contributed by atoms with Crippen LogP contribution in [0.5, 0.6) is 0 Å². The monoisotopic (exact) mass is 302 g/mol. The minimum absolute atomic E-state index is 0.0546. The summed E-state index contributed by atoms with van der Waals surface area (Å²) in [7, 11) is 1.52. The van der Waals surface area contributed by atoms with Crippen molar-refractivity contribution in [3.8, 4) is 6.07 Å². The Kier molecular flexibility index (Phi) is 7.16. The SMILES string of the molecule is COCCNC(=O)/C(C#N)=C\Nc1cccc(NC(C)=O)c1. The molecule has 0 spiro atoms. The molecule has 0 atom stereocenters. The summed E-state index contributed by atoms with van der Waals surface area (Å²) in [5, 5.41) is 17.1. The molecule has 1 aromatic carbocycles. The largest absolute Gasteiger partial charge is 0.383 e. The van der Waals surface area contributed by atoms with Crippen molar-refractivity contribution >= 4 is 23.2 Å². The van der Waals surface area contributed by atoms with E-state index in [1.807, 2.05) is 6.07 Å². The van der Waals surface area contributed by atoms with E-state index in [0.717, 1.165) is 0 Å². The fourth-order valence-electron chi connectivity index (χ4n) is 1.56. The van der Waals surface area contributed by atoms with Crippen molar-refractivity contribution in [2.45, 2.75) is 6.92 Å². The van der Waals surface area contributed by atoms with Crippen molar-refractivity contribution in [3.05, 3.63) is 36.0 Å². The highest BCUT2D eigenvalue weighted by Crippen LogP contribution is 2.15. The maximum atomic E-state index is 11.7. The first kappa shape index (κ1) is 17.2. The molecule has 0 bridgehead atoms. The molecule has 0 saturated heterocycles. The zero-order chi connectivity index (χ0) is 16.4. The van der Waals surface area contributed by atoms with Crippen molar-refractivity contribution in [3.63, 3.8) is 0 Å². The molecule has 116 valence electrons. The fourth-order valence-corrected chi connectivity index (χ4v) is 1.56. The van der Waals surface area contributed by atoms with Gasteiger partial charge in [-0.05, 0) is 18.2 Å². The van der Waals surface area contributed by atoms with E-state index < -0.39 is 5.91 Å². The van der Waals surface area contributed by atoms with Crippen LogP contribution in [0.15, 0.2) is 36.0 Å². The number of hydrogen-bond donors (Lipinski definition) is 3. The Morgan fingerprint density at radius 2 is 2.09 bits per heavy atom. The summed E-state index contributed by atoms with van der Waals surface area (Å²) >= 11 is 0. The number of anilines is 2. The normalized spacial score (nSPS) is 10.5. The van der Waals surface area contributed by atoms with E-state index in [1.54, 1.807) is 24.3 Å². The van der Waals surface area contributed by atoms with Gasteiger partial charge in [0.25, 0.3) is 5.91 Å². The lowest BCUT2D eigenvalue weighted by atomic mass is 10.2. The van der Waals surface area contributed by atoms with Gasteiger partial charge in [-0.1, -0.05) is 6.07 Å². The second-order valence-electron chi connectivity index (χ2n) is 4.32. The molecule has 0 heterocycles. The molecular weight excluding hydrogens is 284 g/mol. The van der Waals surface area contributed by atoms with Gasteiger partial charge in [-0.25, -0.2) is 0 Å². The van der Waals surface area contributed by atoms with Crippen molar-refractivity contribution in [1.29, 1.82) is 5.26 Å². The third-order valence-corrected chi connectivity index (χ3v) is 2.52. The highest BCUT2D eigenvalue weighted by molar-refractivity contribution is 5.97. The summed E-state index contributed by atoms with van der Waals surface area (Å²) < 4.78 is 4.81. The lowest BCUT2D eigenvalue weighted by molar-refractivity contribution is -0.117. The molecule has 0 aliphatic carbocycles. The molecule has 22 heavy (non-hydrogen) atoms. The van der Waals surface area contributed by atoms with Gasteiger partial charge in [0.2, 0.25) is 5.91 Å². The molecule has 7 nitrogen and oxygen atoms in total. The highest BCUT2D eigenvalue weighted by atomic mass is 16.5. The first-order chi connectivity index (χ1) is 10.6. The first-order valence-corrected chi connectivity index (χ1v) is 6.58. The zero-order valence-corrected chi connectivity index (χ0v) is 12.5. The Morgan fingerprint density at radius 3 is 2.73 bits per heavy atom. The number of rotatable bonds is 7. The average Bonchev–Trinajstić information content (AvgIpc) is 2.48. The van der Waals surface area contributed by atoms with Crippen molar-refractivity contribution in [2.75, 3.05) is 30.9 Å². The van der Waals surface area contributed by atoms with E-state index in [-0.39, 0.29) is 11.5 Å². The van der Waals surface area contributed by atoms with E-state index in [9.17, 15) is 9.59 Å². The highest BCUT2D eigenvalue weighted by Gasteiger charge is 2.07. The molecule has 0 aliphatic rings. The fraction of sp³-hybridized carbons (Fsp3) is 0.267. The summed E-state index contributed by atoms with van der Waals surface area (Å²) in [6, 6.07) is 8.74. The number of nitriles is 1. The molecule has 0 aromatic heterocycles. The van der Waals surface area contributed by atoms with Gasteiger partial charge in [-0.2, -0.15) is 5.26 Å². The van der Waals surface area contributed by atoms with E-state index in [4.69, 9.17) is 10.00 Å². The molecule has 2 amide bonds.